The van der Waals surface area contributed by atoms with E-state index < -0.39 is 21.0 Å². The number of sulfone groups is 1. The summed E-state index contributed by atoms with van der Waals surface area (Å²) in [6.07, 6.45) is 0. The average molecular weight is 391 g/mol. The third-order valence-corrected chi connectivity index (χ3v) is 6.07. The predicted octanol–water partition coefficient (Wildman–Crippen LogP) is 3.92. The minimum absolute atomic E-state index is 0.0217. The van der Waals surface area contributed by atoms with Gasteiger partial charge in [0, 0.05) is 11.8 Å². The first-order valence-corrected chi connectivity index (χ1v) is 10.4. The summed E-state index contributed by atoms with van der Waals surface area (Å²) in [5, 5.41) is 2.12. The van der Waals surface area contributed by atoms with Gasteiger partial charge in [0.25, 0.3) is 5.91 Å². The van der Waals surface area contributed by atoms with Crippen molar-refractivity contribution in [3.05, 3.63) is 48.0 Å². The van der Waals surface area contributed by atoms with Crippen LogP contribution in [0.15, 0.2) is 47.4 Å². The van der Waals surface area contributed by atoms with Crippen molar-refractivity contribution in [2.75, 3.05) is 18.5 Å². The Balaban J connectivity index is 2.35. The third-order valence-electron chi connectivity index (χ3n) is 3.86. The number of hydrogen-bond acceptors (Lipinski definition) is 5. The number of hydrogen-bond donors (Lipinski definition) is 1. The molecule has 0 heterocycles. The van der Waals surface area contributed by atoms with Crippen LogP contribution in [0.3, 0.4) is 0 Å². The van der Waals surface area contributed by atoms with Gasteiger partial charge in [0.15, 0.2) is 21.3 Å². The first-order valence-electron chi connectivity index (χ1n) is 8.85. The van der Waals surface area contributed by atoms with Crippen molar-refractivity contribution in [3.63, 3.8) is 0 Å². The molecular weight excluding hydrogens is 366 g/mol. The van der Waals surface area contributed by atoms with E-state index in [0.29, 0.717) is 30.4 Å². The van der Waals surface area contributed by atoms with Crippen LogP contribution in [0.4, 0.5) is 5.69 Å². The molecule has 2 aromatic carbocycles. The van der Waals surface area contributed by atoms with Crippen LogP contribution in [-0.2, 0) is 9.84 Å². The molecule has 27 heavy (non-hydrogen) atoms. The minimum atomic E-state index is -3.58. The number of benzene rings is 2. The van der Waals surface area contributed by atoms with Crippen LogP contribution in [-0.4, -0.2) is 32.8 Å². The highest BCUT2D eigenvalue weighted by Crippen LogP contribution is 2.31. The lowest BCUT2D eigenvalue weighted by atomic mass is 10.2. The molecule has 0 aliphatic heterocycles. The van der Waals surface area contributed by atoms with Gasteiger partial charge in [-0.3, -0.25) is 4.79 Å². The number of carbonyl (C=O) groups excluding carboxylic acids is 1. The maximum Gasteiger partial charge on any atom is 0.256 e. The molecular formula is C20H25NO5S. The van der Waals surface area contributed by atoms with E-state index in [1.807, 2.05) is 13.8 Å². The van der Waals surface area contributed by atoms with Crippen LogP contribution in [0.1, 0.15) is 38.1 Å². The Morgan fingerprint density at radius 3 is 2.26 bits per heavy atom. The van der Waals surface area contributed by atoms with Gasteiger partial charge in [-0.2, -0.15) is 0 Å². The molecule has 0 radical (unpaired) electrons. The summed E-state index contributed by atoms with van der Waals surface area (Å²) in [7, 11) is -3.58. The van der Waals surface area contributed by atoms with Gasteiger partial charge >= 0.3 is 0 Å². The summed E-state index contributed by atoms with van der Waals surface area (Å²) in [5.74, 6) is 0.599. The molecule has 0 aromatic heterocycles. The number of amides is 1. The van der Waals surface area contributed by atoms with E-state index in [1.165, 1.54) is 12.1 Å². The Morgan fingerprint density at radius 1 is 1.00 bits per heavy atom. The second-order valence-electron chi connectivity index (χ2n) is 6.07. The molecule has 0 bridgehead atoms. The molecule has 6 nitrogen and oxygen atoms in total. The zero-order chi connectivity index (χ0) is 20.0. The quantitative estimate of drug-likeness (QED) is 0.738. The van der Waals surface area contributed by atoms with E-state index in [4.69, 9.17) is 9.47 Å². The topological polar surface area (TPSA) is 81.7 Å². The van der Waals surface area contributed by atoms with Crippen molar-refractivity contribution in [1.29, 1.82) is 0 Å². The molecule has 0 fully saturated rings. The van der Waals surface area contributed by atoms with Crippen LogP contribution >= 0.6 is 0 Å². The van der Waals surface area contributed by atoms with Crippen molar-refractivity contribution in [2.45, 2.75) is 37.8 Å². The second kappa shape index (κ2) is 8.90. The lowest BCUT2D eigenvalue weighted by Crippen LogP contribution is -2.20. The van der Waals surface area contributed by atoms with E-state index in [-0.39, 0.29) is 10.5 Å². The van der Waals surface area contributed by atoms with Crippen molar-refractivity contribution < 1.29 is 22.7 Å². The zero-order valence-electron chi connectivity index (χ0n) is 16.0. The highest BCUT2D eigenvalue weighted by Gasteiger charge is 2.25. The highest BCUT2D eigenvalue weighted by atomic mass is 32.2. The Labute approximate surface area is 160 Å². The highest BCUT2D eigenvalue weighted by molar-refractivity contribution is 7.92. The summed E-state index contributed by atoms with van der Waals surface area (Å²) in [5.41, 5.74) is 0.599. The Bertz CT molecular complexity index is 906. The Kier molecular flexibility index (Phi) is 6.85. The van der Waals surface area contributed by atoms with Crippen LogP contribution in [0.5, 0.6) is 11.5 Å². The van der Waals surface area contributed by atoms with Gasteiger partial charge in [-0.1, -0.05) is 12.1 Å². The summed E-state index contributed by atoms with van der Waals surface area (Å²) in [4.78, 5) is 12.8. The van der Waals surface area contributed by atoms with E-state index in [0.717, 1.165) is 0 Å². The standard InChI is InChI=1S/C20H25NO5S/c1-5-25-17-12-11-15(13-18(17)26-6-2)21-20(22)16-9-7-8-10-19(16)27(23,24)14(3)4/h7-14H,5-6H2,1-4H3,(H,21,22). The van der Waals surface area contributed by atoms with Gasteiger partial charge in [-0.25, -0.2) is 8.42 Å². The molecule has 0 aliphatic rings. The van der Waals surface area contributed by atoms with E-state index >= 15 is 0 Å². The zero-order valence-corrected chi connectivity index (χ0v) is 16.8. The van der Waals surface area contributed by atoms with Gasteiger partial charge in [0.1, 0.15) is 0 Å². The smallest absolute Gasteiger partial charge is 0.256 e. The first-order chi connectivity index (χ1) is 12.8. The number of rotatable bonds is 8. The molecule has 1 N–H and O–H groups in total. The lowest BCUT2D eigenvalue weighted by Gasteiger charge is -2.15. The average Bonchev–Trinajstić information content (AvgIpc) is 2.64. The minimum Gasteiger partial charge on any atom is -0.490 e. The van der Waals surface area contributed by atoms with Crippen LogP contribution < -0.4 is 14.8 Å². The molecule has 7 heteroatoms. The summed E-state index contributed by atoms with van der Waals surface area (Å²) >= 11 is 0. The Hall–Kier alpha value is -2.54. The third kappa shape index (κ3) is 4.80. The van der Waals surface area contributed by atoms with E-state index in [9.17, 15) is 13.2 Å². The maximum absolute atomic E-state index is 12.7. The van der Waals surface area contributed by atoms with Gasteiger partial charge in [0.05, 0.1) is 28.9 Å². The molecule has 0 atom stereocenters. The molecule has 2 aromatic rings. The molecule has 1 amide bonds. The van der Waals surface area contributed by atoms with E-state index in [1.54, 1.807) is 44.2 Å². The second-order valence-corrected chi connectivity index (χ2v) is 8.54. The van der Waals surface area contributed by atoms with Gasteiger partial charge in [-0.15, -0.1) is 0 Å². The Morgan fingerprint density at radius 2 is 1.63 bits per heavy atom. The van der Waals surface area contributed by atoms with Crippen LogP contribution in [0, 0.1) is 0 Å². The first kappa shape index (κ1) is 20.8. The molecule has 2 rings (SSSR count). The fraction of sp³-hybridized carbons (Fsp3) is 0.350. The van der Waals surface area contributed by atoms with Crippen molar-refractivity contribution in [2.24, 2.45) is 0 Å². The number of anilines is 1. The molecule has 0 unspecified atom stereocenters. The molecule has 0 aliphatic carbocycles. The largest absolute Gasteiger partial charge is 0.490 e. The van der Waals surface area contributed by atoms with Gasteiger partial charge < -0.3 is 14.8 Å². The molecule has 0 spiro atoms. The fourth-order valence-electron chi connectivity index (χ4n) is 2.48. The number of nitrogens with one attached hydrogen (secondary N) is 1. The molecule has 0 saturated carbocycles. The van der Waals surface area contributed by atoms with Gasteiger partial charge in [-0.05, 0) is 52.0 Å². The van der Waals surface area contributed by atoms with Gasteiger partial charge in [0.2, 0.25) is 0 Å². The summed E-state index contributed by atoms with van der Waals surface area (Å²) < 4.78 is 36.2. The predicted molar refractivity (Wildman–Crippen MR) is 105 cm³/mol. The van der Waals surface area contributed by atoms with Crippen molar-refractivity contribution in [3.8, 4) is 11.5 Å². The number of carbonyl (C=O) groups is 1. The van der Waals surface area contributed by atoms with Crippen LogP contribution in [0.25, 0.3) is 0 Å². The lowest BCUT2D eigenvalue weighted by molar-refractivity contribution is 0.102. The normalized spacial score (nSPS) is 11.3. The van der Waals surface area contributed by atoms with Crippen LogP contribution in [0.2, 0.25) is 0 Å². The summed E-state index contributed by atoms with van der Waals surface area (Å²) in [6, 6.07) is 11.3. The fourth-order valence-corrected chi connectivity index (χ4v) is 3.73. The van der Waals surface area contributed by atoms with E-state index in [2.05, 4.69) is 5.32 Å². The van der Waals surface area contributed by atoms with Crippen molar-refractivity contribution in [1.82, 2.24) is 0 Å². The SMILES string of the molecule is CCOc1ccc(NC(=O)c2ccccc2S(=O)(=O)C(C)C)cc1OCC. The van der Waals surface area contributed by atoms with Crippen molar-refractivity contribution >= 4 is 21.4 Å². The number of ether oxygens (including phenoxy) is 2. The maximum atomic E-state index is 12.7. The molecule has 0 saturated heterocycles. The summed E-state index contributed by atoms with van der Waals surface area (Å²) in [6.45, 7) is 7.85. The monoisotopic (exact) mass is 391 g/mol. The molecule has 146 valence electrons.